The lowest BCUT2D eigenvalue weighted by atomic mass is 9.91. The van der Waals surface area contributed by atoms with Crippen LogP contribution in [0.15, 0.2) is 60.7 Å². The molecule has 0 aliphatic rings. The number of Topliss-reactive ketones (excluding diaryl/α,β-unsaturated/α-hetero) is 1. The van der Waals surface area contributed by atoms with E-state index in [1.54, 1.807) is 12.1 Å². The number of carbonyl (C=O) groups excluding carboxylic acids is 1. The number of hydrogen-bond donors (Lipinski definition) is 1. The molecule has 86 valence electrons. The van der Waals surface area contributed by atoms with Crippen molar-refractivity contribution in [3.8, 4) is 0 Å². The zero-order valence-corrected chi connectivity index (χ0v) is 9.41. The van der Waals surface area contributed by atoms with Crippen molar-refractivity contribution in [3.63, 3.8) is 0 Å². The van der Waals surface area contributed by atoms with Gasteiger partial charge in [0.25, 0.3) is 0 Å². The molecule has 0 spiro atoms. The van der Waals surface area contributed by atoms with Crippen LogP contribution in [0.3, 0.4) is 0 Å². The molecular formula is C15H14O2. The van der Waals surface area contributed by atoms with Gasteiger partial charge in [0.05, 0.1) is 12.5 Å². The van der Waals surface area contributed by atoms with E-state index >= 15 is 0 Å². The molecule has 0 fully saturated rings. The zero-order valence-electron chi connectivity index (χ0n) is 9.41. The molecule has 0 bridgehead atoms. The van der Waals surface area contributed by atoms with Crippen LogP contribution in [-0.4, -0.2) is 17.5 Å². The van der Waals surface area contributed by atoms with E-state index in [4.69, 9.17) is 0 Å². The first-order valence-electron chi connectivity index (χ1n) is 5.58. The monoisotopic (exact) mass is 226 g/mol. The van der Waals surface area contributed by atoms with Crippen molar-refractivity contribution < 1.29 is 9.90 Å². The third kappa shape index (κ3) is 2.60. The summed E-state index contributed by atoms with van der Waals surface area (Å²) in [6, 6.07) is 18.4. The van der Waals surface area contributed by atoms with E-state index < -0.39 is 5.92 Å². The van der Waals surface area contributed by atoms with Crippen molar-refractivity contribution in [2.45, 2.75) is 5.92 Å². The fourth-order valence-electron chi connectivity index (χ4n) is 1.83. The Morgan fingerprint density at radius 3 is 2.00 bits per heavy atom. The van der Waals surface area contributed by atoms with E-state index in [0.717, 1.165) is 5.56 Å². The first-order valence-corrected chi connectivity index (χ1v) is 5.58. The Bertz CT molecular complexity index is 477. The van der Waals surface area contributed by atoms with Gasteiger partial charge in [-0.2, -0.15) is 0 Å². The molecule has 0 aromatic heterocycles. The number of rotatable bonds is 4. The van der Waals surface area contributed by atoms with Crippen LogP contribution in [0.5, 0.6) is 0 Å². The van der Waals surface area contributed by atoms with Gasteiger partial charge in [-0.3, -0.25) is 4.79 Å². The van der Waals surface area contributed by atoms with E-state index in [-0.39, 0.29) is 12.4 Å². The van der Waals surface area contributed by atoms with Gasteiger partial charge in [0, 0.05) is 5.56 Å². The first kappa shape index (κ1) is 11.6. The van der Waals surface area contributed by atoms with Gasteiger partial charge < -0.3 is 5.11 Å². The molecule has 0 unspecified atom stereocenters. The molecule has 0 saturated carbocycles. The second-order valence-electron chi connectivity index (χ2n) is 3.88. The van der Waals surface area contributed by atoms with Crippen LogP contribution >= 0.6 is 0 Å². The van der Waals surface area contributed by atoms with Gasteiger partial charge >= 0.3 is 0 Å². The molecule has 0 aliphatic heterocycles. The maximum absolute atomic E-state index is 12.2. The lowest BCUT2D eigenvalue weighted by Crippen LogP contribution is -2.16. The van der Waals surface area contributed by atoms with Gasteiger partial charge in [-0.25, -0.2) is 0 Å². The lowest BCUT2D eigenvalue weighted by Gasteiger charge is -2.13. The number of aliphatic hydroxyl groups is 1. The summed E-state index contributed by atoms with van der Waals surface area (Å²) in [5.41, 5.74) is 1.49. The van der Waals surface area contributed by atoms with Gasteiger partial charge in [0.15, 0.2) is 5.78 Å². The SMILES string of the molecule is O=C(c1ccccc1)[C@@H](CO)c1ccccc1. The molecule has 17 heavy (non-hydrogen) atoms. The molecule has 1 N–H and O–H groups in total. The standard InChI is InChI=1S/C15H14O2/c16-11-14(12-7-3-1-4-8-12)15(17)13-9-5-2-6-10-13/h1-10,14,16H,11H2/t14-/m0/s1. The summed E-state index contributed by atoms with van der Waals surface area (Å²) in [6.07, 6.45) is 0. The van der Waals surface area contributed by atoms with E-state index in [1.165, 1.54) is 0 Å². The average molecular weight is 226 g/mol. The summed E-state index contributed by atoms with van der Waals surface area (Å²) in [7, 11) is 0. The van der Waals surface area contributed by atoms with Crippen LogP contribution in [0, 0.1) is 0 Å². The number of carbonyl (C=O) groups is 1. The highest BCUT2D eigenvalue weighted by Gasteiger charge is 2.20. The van der Waals surface area contributed by atoms with Gasteiger partial charge in [0.2, 0.25) is 0 Å². The molecule has 2 rings (SSSR count). The molecule has 0 saturated heterocycles. The largest absolute Gasteiger partial charge is 0.395 e. The molecule has 0 heterocycles. The van der Waals surface area contributed by atoms with Gasteiger partial charge in [-0.1, -0.05) is 60.7 Å². The molecule has 2 aromatic carbocycles. The summed E-state index contributed by atoms with van der Waals surface area (Å²) in [4.78, 5) is 12.2. The van der Waals surface area contributed by atoms with Crippen LogP contribution < -0.4 is 0 Å². The number of benzene rings is 2. The lowest BCUT2D eigenvalue weighted by molar-refractivity contribution is 0.0922. The minimum atomic E-state index is -0.474. The highest BCUT2D eigenvalue weighted by atomic mass is 16.3. The summed E-state index contributed by atoms with van der Waals surface area (Å²) in [5, 5.41) is 9.39. The van der Waals surface area contributed by atoms with Crippen molar-refractivity contribution in [1.82, 2.24) is 0 Å². The van der Waals surface area contributed by atoms with Crippen LogP contribution in [0.25, 0.3) is 0 Å². The summed E-state index contributed by atoms with van der Waals surface area (Å²) < 4.78 is 0. The Kier molecular flexibility index (Phi) is 3.68. The molecule has 2 heteroatoms. The first-order chi connectivity index (χ1) is 8.33. The Labute approximate surface area is 101 Å². The van der Waals surface area contributed by atoms with Crippen LogP contribution in [0.4, 0.5) is 0 Å². The van der Waals surface area contributed by atoms with Crippen molar-refractivity contribution in [3.05, 3.63) is 71.8 Å². The second kappa shape index (κ2) is 5.41. The minimum Gasteiger partial charge on any atom is -0.395 e. The van der Waals surface area contributed by atoms with Crippen molar-refractivity contribution in [2.75, 3.05) is 6.61 Å². The summed E-state index contributed by atoms with van der Waals surface area (Å²) >= 11 is 0. The topological polar surface area (TPSA) is 37.3 Å². The van der Waals surface area contributed by atoms with Crippen molar-refractivity contribution >= 4 is 5.78 Å². The van der Waals surface area contributed by atoms with Crippen molar-refractivity contribution in [2.24, 2.45) is 0 Å². The van der Waals surface area contributed by atoms with Gasteiger partial charge in [0.1, 0.15) is 0 Å². The maximum atomic E-state index is 12.2. The molecule has 2 aromatic rings. The molecule has 0 aliphatic carbocycles. The average Bonchev–Trinajstić information content (AvgIpc) is 2.42. The van der Waals surface area contributed by atoms with E-state index in [9.17, 15) is 9.90 Å². The van der Waals surface area contributed by atoms with Gasteiger partial charge in [-0.05, 0) is 5.56 Å². The predicted octanol–water partition coefficient (Wildman–Crippen LogP) is 2.65. The Hall–Kier alpha value is -1.93. The van der Waals surface area contributed by atoms with Crippen LogP contribution in [-0.2, 0) is 0 Å². The van der Waals surface area contributed by atoms with E-state index in [2.05, 4.69) is 0 Å². The fraction of sp³-hybridized carbons (Fsp3) is 0.133. The molecule has 1 atom stereocenters. The number of aliphatic hydroxyl groups excluding tert-OH is 1. The number of hydrogen-bond acceptors (Lipinski definition) is 2. The van der Waals surface area contributed by atoms with Crippen LogP contribution in [0.1, 0.15) is 21.8 Å². The second-order valence-corrected chi connectivity index (χ2v) is 3.88. The molecule has 2 nitrogen and oxygen atoms in total. The molecule has 0 amide bonds. The Morgan fingerprint density at radius 1 is 0.941 bits per heavy atom. The number of ketones is 1. The Balaban J connectivity index is 2.29. The highest BCUT2D eigenvalue weighted by molar-refractivity contribution is 6.01. The smallest absolute Gasteiger partial charge is 0.172 e. The maximum Gasteiger partial charge on any atom is 0.172 e. The Morgan fingerprint density at radius 2 is 1.47 bits per heavy atom. The van der Waals surface area contributed by atoms with E-state index in [0.29, 0.717) is 5.56 Å². The quantitative estimate of drug-likeness (QED) is 0.814. The zero-order chi connectivity index (χ0) is 12.1. The van der Waals surface area contributed by atoms with Crippen molar-refractivity contribution in [1.29, 1.82) is 0 Å². The minimum absolute atomic E-state index is 0.0423. The van der Waals surface area contributed by atoms with Crippen LogP contribution in [0.2, 0.25) is 0 Å². The van der Waals surface area contributed by atoms with E-state index in [1.807, 2.05) is 48.5 Å². The highest BCUT2D eigenvalue weighted by Crippen LogP contribution is 2.20. The summed E-state index contributed by atoms with van der Waals surface area (Å²) in [5.74, 6) is -0.516. The molecular weight excluding hydrogens is 212 g/mol. The fourth-order valence-corrected chi connectivity index (χ4v) is 1.83. The third-order valence-electron chi connectivity index (χ3n) is 2.76. The van der Waals surface area contributed by atoms with Gasteiger partial charge in [-0.15, -0.1) is 0 Å². The predicted molar refractivity (Wildman–Crippen MR) is 67.0 cm³/mol. The molecule has 0 radical (unpaired) electrons. The third-order valence-corrected chi connectivity index (χ3v) is 2.76. The summed E-state index contributed by atoms with van der Waals surface area (Å²) in [6.45, 7) is -0.169. The normalized spacial score (nSPS) is 12.1.